The molecule has 1 saturated carbocycles. The zero-order valence-corrected chi connectivity index (χ0v) is 12.6. The van der Waals surface area contributed by atoms with Crippen molar-refractivity contribution in [1.29, 1.82) is 0 Å². The topological polar surface area (TPSA) is 55.0 Å². The van der Waals surface area contributed by atoms with Gasteiger partial charge in [0.2, 0.25) is 0 Å². The maximum Gasteiger partial charge on any atom is 0.137 e. The van der Waals surface area contributed by atoms with Crippen molar-refractivity contribution in [3.8, 4) is 0 Å². The predicted molar refractivity (Wildman–Crippen MR) is 80.4 cm³/mol. The van der Waals surface area contributed by atoms with Crippen LogP contribution in [0.2, 0.25) is 0 Å². The lowest BCUT2D eigenvalue weighted by Gasteiger charge is -2.38. The van der Waals surface area contributed by atoms with Crippen molar-refractivity contribution in [2.75, 3.05) is 17.7 Å². The van der Waals surface area contributed by atoms with Gasteiger partial charge in [-0.2, -0.15) is 0 Å². The van der Waals surface area contributed by atoms with Crippen LogP contribution in [0, 0.1) is 5.92 Å². The van der Waals surface area contributed by atoms with E-state index in [2.05, 4.69) is 42.7 Å². The number of hydrogen-bond donors (Lipinski definition) is 1. The summed E-state index contributed by atoms with van der Waals surface area (Å²) in [5.74, 6) is 2.70. The van der Waals surface area contributed by atoms with Gasteiger partial charge in [0.1, 0.15) is 18.0 Å². The number of anilines is 2. The number of aromatic nitrogens is 2. The molecule has 2 rings (SSSR count). The van der Waals surface area contributed by atoms with E-state index in [0.717, 1.165) is 17.3 Å². The van der Waals surface area contributed by atoms with Crippen LogP contribution >= 0.6 is 0 Å². The molecule has 1 aliphatic carbocycles. The molecule has 0 bridgehead atoms. The second-order valence-corrected chi connectivity index (χ2v) is 6.09. The Morgan fingerprint density at radius 3 is 2.58 bits per heavy atom. The fraction of sp³-hybridized carbons (Fsp3) is 0.733. The zero-order chi connectivity index (χ0) is 14.0. The second kappa shape index (κ2) is 5.76. The summed E-state index contributed by atoms with van der Waals surface area (Å²) in [6, 6.07) is 0.570. The molecule has 0 amide bonds. The SMILES string of the molecule is CC(C)c1c(N)ncnc1N(C)C1CCCCC1C. The van der Waals surface area contributed by atoms with E-state index in [4.69, 9.17) is 5.73 Å². The molecule has 2 atom stereocenters. The monoisotopic (exact) mass is 262 g/mol. The second-order valence-electron chi connectivity index (χ2n) is 6.09. The molecule has 0 saturated heterocycles. The van der Waals surface area contributed by atoms with Crippen molar-refractivity contribution in [2.24, 2.45) is 5.92 Å². The summed E-state index contributed by atoms with van der Waals surface area (Å²) in [6.45, 7) is 6.65. The lowest BCUT2D eigenvalue weighted by molar-refractivity contribution is 0.320. The maximum atomic E-state index is 6.05. The van der Waals surface area contributed by atoms with Gasteiger partial charge in [-0.3, -0.25) is 0 Å². The molecule has 0 radical (unpaired) electrons. The van der Waals surface area contributed by atoms with Gasteiger partial charge in [0.15, 0.2) is 0 Å². The molecule has 4 heteroatoms. The minimum atomic E-state index is 0.345. The van der Waals surface area contributed by atoms with Gasteiger partial charge < -0.3 is 10.6 Å². The average molecular weight is 262 g/mol. The summed E-state index contributed by atoms with van der Waals surface area (Å²) >= 11 is 0. The van der Waals surface area contributed by atoms with Crippen molar-refractivity contribution in [2.45, 2.75) is 58.4 Å². The molecule has 2 N–H and O–H groups in total. The average Bonchev–Trinajstić information content (AvgIpc) is 2.37. The van der Waals surface area contributed by atoms with Crippen LogP contribution in [0.25, 0.3) is 0 Å². The van der Waals surface area contributed by atoms with Crippen LogP contribution in [0.3, 0.4) is 0 Å². The lowest BCUT2D eigenvalue weighted by atomic mass is 9.85. The Balaban J connectivity index is 2.32. The van der Waals surface area contributed by atoms with Crippen LogP contribution < -0.4 is 10.6 Å². The van der Waals surface area contributed by atoms with E-state index in [1.54, 1.807) is 6.33 Å². The highest BCUT2D eigenvalue weighted by Crippen LogP contribution is 2.34. The van der Waals surface area contributed by atoms with E-state index in [1.165, 1.54) is 25.7 Å². The van der Waals surface area contributed by atoms with Crippen LogP contribution in [0.15, 0.2) is 6.33 Å². The van der Waals surface area contributed by atoms with E-state index < -0.39 is 0 Å². The lowest BCUT2D eigenvalue weighted by Crippen LogP contribution is -2.40. The standard InChI is InChI=1S/C15H26N4/c1-10(2)13-14(16)17-9-18-15(13)19(4)12-8-6-5-7-11(12)3/h9-12H,5-8H2,1-4H3,(H2,16,17,18). The molecule has 1 fully saturated rings. The number of rotatable bonds is 3. The molecule has 0 aromatic carbocycles. The Hall–Kier alpha value is -1.32. The van der Waals surface area contributed by atoms with E-state index in [1.807, 2.05) is 0 Å². The molecule has 0 aliphatic heterocycles. The van der Waals surface area contributed by atoms with Crippen LogP contribution in [-0.2, 0) is 0 Å². The summed E-state index contributed by atoms with van der Waals surface area (Å²) in [7, 11) is 2.15. The first-order valence-corrected chi connectivity index (χ1v) is 7.35. The van der Waals surface area contributed by atoms with Crippen molar-refractivity contribution < 1.29 is 0 Å². The highest BCUT2D eigenvalue weighted by Gasteiger charge is 2.28. The highest BCUT2D eigenvalue weighted by atomic mass is 15.2. The molecule has 1 aromatic rings. The first kappa shape index (κ1) is 14.1. The van der Waals surface area contributed by atoms with E-state index in [0.29, 0.717) is 17.8 Å². The Labute approximate surface area is 116 Å². The third kappa shape index (κ3) is 2.82. The molecular formula is C15H26N4. The van der Waals surface area contributed by atoms with E-state index in [9.17, 15) is 0 Å². The quantitative estimate of drug-likeness (QED) is 0.909. The fourth-order valence-corrected chi connectivity index (χ4v) is 3.26. The molecule has 1 heterocycles. The molecule has 1 aliphatic rings. The fourth-order valence-electron chi connectivity index (χ4n) is 3.26. The van der Waals surface area contributed by atoms with Gasteiger partial charge in [-0.15, -0.1) is 0 Å². The number of nitrogen functional groups attached to an aromatic ring is 1. The molecule has 2 unspecified atom stereocenters. The first-order valence-electron chi connectivity index (χ1n) is 7.35. The highest BCUT2D eigenvalue weighted by molar-refractivity contribution is 5.58. The van der Waals surface area contributed by atoms with Crippen molar-refractivity contribution in [3.63, 3.8) is 0 Å². The zero-order valence-electron chi connectivity index (χ0n) is 12.6. The van der Waals surface area contributed by atoms with Crippen molar-refractivity contribution in [3.05, 3.63) is 11.9 Å². The van der Waals surface area contributed by atoms with E-state index in [-0.39, 0.29) is 0 Å². The Kier molecular flexibility index (Phi) is 4.27. The predicted octanol–water partition coefficient (Wildman–Crippen LogP) is 3.20. The van der Waals surface area contributed by atoms with Crippen LogP contribution in [0.5, 0.6) is 0 Å². The summed E-state index contributed by atoms with van der Waals surface area (Å²) in [4.78, 5) is 11.0. The molecule has 19 heavy (non-hydrogen) atoms. The third-order valence-electron chi connectivity index (χ3n) is 4.37. The summed E-state index contributed by atoms with van der Waals surface area (Å²) in [5, 5.41) is 0. The van der Waals surface area contributed by atoms with Crippen molar-refractivity contribution in [1.82, 2.24) is 9.97 Å². The van der Waals surface area contributed by atoms with Crippen LogP contribution in [0.4, 0.5) is 11.6 Å². The van der Waals surface area contributed by atoms with Gasteiger partial charge in [0.05, 0.1) is 0 Å². The Bertz CT molecular complexity index is 430. The maximum absolute atomic E-state index is 6.05. The first-order chi connectivity index (χ1) is 9.02. The molecular weight excluding hydrogens is 236 g/mol. The van der Waals surface area contributed by atoms with Gasteiger partial charge >= 0.3 is 0 Å². The Morgan fingerprint density at radius 2 is 1.95 bits per heavy atom. The molecule has 1 aromatic heterocycles. The number of nitrogens with two attached hydrogens (primary N) is 1. The summed E-state index contributed by atoms with van der Waals surface area (Å²) in [6.07, 6.45) is 6.82. The smallest absolute Gasteiger partial charge is 0.137 e. The third-order valence-corrected chi connectivity index (χ3v) is 4.37. The minimum Gasteiger partial charge on any atom is -0.383 e. The van der Waals surface area contributed by atoms with Gasteiger partial charge in [-0.25, -0.2) is 9.97 Å². The minimum absolute atomic E-state index is 0.345. The van der Waals surface area contributed by atoms with Gasteiger partial charge in [-0.1, -0.05) is 33.6 Å². The Morgan fingerprint density at radius 1 is 1.26 bits per heavy atom. The molecule has 0 spiro atoms. The van der Waals surface area contributed by atoms with Crippen LogP contribution in [-0.4, -0.2) is 23.1 Å². The largest absolute Gasteiger partial charge is 0.383 e. The van der Waals surface area contributed by atoms with Gasteiger partial charge in [0, 0.05) is 18.7 Å². The van der Waals surface area contributed by atoms with E-state index >= 15 is 0 Å². The number of nitrogens with zero attached hydrogens (tertiary/aromatic N) is 3. The number of hydrogen-bond acceptors (Lipinski definition) is 4. The summed E-state index contributed by atoms with van der Waals surface area (Å²) in [5.41, 5.74) is 7.13. The summed E-state index contributed by atoms with van der Waals surface area (Å²) < 4.78 is 0. The van der Waals surface area contributed by atoms with Crippen LogP contribution in [0.1, 0.15) is 57.9 Å². The van der Waals surface area contributed by atoms with Crippen molar-refractivity contribution >= 4 is 11.6 Å². The molecule has 4 nitrogen and oxygen atoms in total. The molecule has 106 valence electrons. The van der Waals surface area contributed by atoms with Gasteiger partial charge in [0.25, 0.3) is 0 Å². The van der Waals surface area contributed by atoms with Gasteiger partial charge in [-0.05, 0) is 24.7 Å². The normalized spacial score (nSPS) is 23.6.